The Bertz CT molecular complexity index is 541. The van der Waals surface area contributed by atoms with Crippen LogP contribution in [0.1, 0.15) is 17.3 Å². The van der Waals surface area contributed by atoms with Crippen molar-refractivity contribution in [2.45, 2.75) is 19.1 Å². The fourth-order valence-electron chi connectivity index (χ4n) is 2.01. The number of anilines is 1. The van der Waals surface area contributed by atoms with E-state index in [-0.39, 0.29) is 29.8 Å². The summed E-state index contributed by atoms with van der Waals surface area (Å²) in [6.07, 6.45) is -0.314. The summed E-state index contributed by atoms with van der Waals surface area (Å²) in [6, 6.07) is 2.99. The lowest BCUT2D eigenvalue weighted by Crippen LogP contribution is -2.53. The highest BCUT2D eigenvalue weighted by Crippen LogP contribution is 2.17. The van der Waals surface area contributed by atoms with Gasteiger partial charge >= 0.3 is 0 Å². The lowest BCUT2D eigenvalue weighted by atomic mass is 10.1. The number of halogens is 2. The molecule has 0 saturated carbocycles. The van der Waals surface area contributed by atoms with Gasteiger partial charge in [0.15, 0.2) is 0 Å². The van der Waals surface area contributed by atoms with Gasteiger partial charge in [0.2, 0.25) is 11.8 Å². The van der Waals surface area contributed by atoms with E-state index in [1.165, 1.54) is 12.1 Å². The second kappa shape index (κ2) is 7.35. The van der Waals surface area contributed by atoms with Gasteiger partial charge in [0, 0.05) is 12.1 Å². The minimum atomic E-state index is -0.687. The van der Waals surface area contributed by atoms with Crippen LogP contribution in [0.25, 0.3) is 0 Å². The summed E-state index contributed by atoms with van der Waals surface area (Å²) in [5, 5.41) is 5.44. The molecular formula is C13H17ClFN3O3. The Balaban J connectivity index is 0.00000220. The zero-order valence-corrected chi connectivity index (χ0v) is 12.2. The van der Waals surface area contributed by atoms with Gasteiger partial charge in [-0.1, -0.05) is 0 Å². The molecule has 2 atom stereocenters. The van der Waals surface area contributed by atoms with Crippen LogP contribution in [-0.2, 0) is 9.53 Å². The second-order valence-corrected chi connectivity index (χ2v) is 4.56. The van der Waals surface area contributed by atoms with Gasteiger partial charge < -0.3 is 21.1 Å². The van der Waals surface area contributed by atoms with Crippen molar-refractivity contribution in [2.75, 3.05) is 18.5 Å². The molecule has 2 amide bonds. The molecule has 0 unspecified atom stereocenters. The van der Waals surface area contributed by atoms with Crippen LogP contribution in [0.15, 0.2) is 18.2 Å². The molecule has 4 N–H and O–H groups in total. The molecule has 116 valence electrons. The van der Waals surface area contributed by atoms with Crippen molar-refractivity contribution in [3.8, 4) is 0 Å². The molecule has 21 heavy (non-hydrogen) atoms. The Morgan fingerprint density at radius 3 is 2.81 bits per heavy atom. The molecule has 1 saturated heterocycles. The first-order valence-corrected chi connectivity index (χ1v) is 6.24. The first-order valence-electron chi connectivity index (χ1n) is 6.24. The zero-order chi connectivity index (χ0) is 14.7. The number of morpholine rings is 1. The molecule has 2 rings (SSSR count). The van der Waals surface area contributed by atoms with Gasteiger partial charge in [-0.25, -0.2) is 4.39 Å². The fraction of sp³-hybridized carbons (Fsp3) is 0.385. The monoisotopic (exact) mass is 317 g/mol. The molecule has 1 aromatic rings. The molecule has 8 heteroatoms. The van der Waals surface area contributed by atoms with E-state index in [0.717, 1.165) is 6.07 Å². The van der Waals surface area contributed by atoms with Crippen molar-refractivity contribution in [3.63, 3.8) is 0 Å². The number of nitrogens with two attached hydrogens (primary N) is 1. The van der Waals surface area contributed by atoms with Crippen molar-refractivity contribution in [3.05, 3.63) is 29.6 Å². The van der Waals surface area contributed by atoms with Crippen LogP contribution in [-0.4, -0.2) is 37.1 Å². The molecule has 0 spiro atoms. The highest BCUT2D eigenvalue weighted by Gasteiger charge is 2.28. The van der Waals surface area contributed by atoms with Crippen LogP contribution < -0.4 is 16.4 Å². The van der Waals surface area contributed by atoms with Crippen LogP contribution >= 0.6 is 12.4 Å². The molecule has 6 nitrogen and oxygen atoms in total. The average Bonchev–Trinajstić information content (AvgIpc) is 2.41. The Morgan fingerprint density at radius 2 is 2.19 bits per heavy atom. The molecule has 1 aromatic carbocycles. The van der Waals surface area contributed by atoms with Crippen LogP contribution in [0.3, 0.4) is 0 Å². The smallest absolute Gasteiger partial charge is 0.248 e. The largest absolute Gasteiger partial charge is 0.375 e. The van der Waals surface area contributed by atoms with E-state index in [1.807, 2.05) is 0 Å². The van der Waals surface area contributed by atoms with E-state index in [4.69, 9.17) is 10.5 Å². The molecule has 1 heterocycles. The molecular weight excluding hydrogens is 301 g/mol. The van der Waals surface area contributed by atoms with E-state index in [2.05, 4.69) is 10.6 Å². The molecule has 1 aliphatic rings. The number of hydrogen-bond donors (Lipinski definition) is 3. The molecule has 0 aliphatic carbocycles. The van der Waals surface area contributed by atoms with E-state index < -0.39 is 23.7 Å². The number of carbonyl (C=O) groups excluding carboxylic acids is 2. The maximum absolute atomic E-state index is 13.6. The van der Waals surface area contributed by atoms with Crippen LogP contribution in [0.5, 0.6) is 0 Å². The summed E-state index contributed by atoms with van der Waals surface area (Å²) < 4.78 is 19.0. The van der Waals surface area contributed by atoms with Gasteiger partial charge in [-0.15, -0.1) is 12.4 Å². The van der Waals surface area contributed by atoms with Crippen molar-refractivity contribution >= 4 is 29.9 Å². The van der Waals surface area contributed by atoms with Gasteiger partial charge in [0.25, 0.3) is 0 Å². The Kier molecular flexibility index (Phi) is 6.07. The number of primary amides is 1. The summed E-state index contributed by atoms with van der Waals surface area (Å²) in [6.45, 7) is 2.83. The summed E-state index contributed by atoms with van der Waals surface area (Å²) in [5.74, 6) is -1.74. The lowest BCUT2D eigenvalue weighted by molar-refractivity contribution is -0.123. The minimum Gasteiger partial charge on any atom is -0.375 e. The maximum atomic E-state index is 13.6. The number of rotatable bonds is 3. The van der Waals surface area contributed by atoms with Crippen LogP contribution in [0.4, 0.5) is 10.1 Å². The number of benzene rings is 1. The average molecular weight is 318 g/mol. The summed E-state index contributed by atoms with van der Waals surface area (Å²) in [7, 11) is 0. The normalized spacial score (nSPS) is 21.2. The summed E-state index contributed by atoms with van der Waals surface area (Å²) >= 11 is 0. The van der Waals surface area contributed by atoms with Crippen LogP contribution in [0, 0.1) is 5.82 Å². The minimum absolute atomic E-state index is 0. The Hall–Kier alpha value is -1.70. The molecule has 1 fully saturated rings. The second-order valence-electron chi connectivity index (χ2n) is 4.56. The van der Waals surface area contributed by atoms with Gasteiger partial charge in [-0.2, -0.15) is 0 Å². The molecule has 0 radical (unpaired) electrons. The third-order valence-corrected chi connectivity index (χ3v) is 3.11. The quantitative estimate of drug-likeness (QED) is 0.763. The predicted molar refractivity (Wildman–Crippen MR) is 78.0 cm³/mol. The van der Waals surface area contributed by atoms with Gasteiger partial charge in [-0.3, -0.25) is 9.59 Å². The zero-order valence-electron chi connectivity index (χ0n) is 11.4. The van der Waals surface area contributed by atoms with E-state index in [1.54, 1.807) is 6.92 Å². The fourth-order valence-corrected chi connectivity index (χ4v) is 2.01. The molecule has 1 aliphatic heterocycles. The highest BCUT2D eigenvalue weighted by molar-refractivity contribution is 5.98. The standard InChI is InChI=1S/C13H16FN3O3.ClH/c1-7-11(16-4-5-20-7)13(19)17-10-6-8(12(15)18)2-3-9(10)14;/h2-3,6-7,11,16H,4-5H2,1H3,(H2,15,18)(H,17,19);1H/t7-,11+;/m1./s1. The van der Waals surface area contributed by atoms with Gasteiger partial charge in [0.1, 0.15) is 11.9 Å². The third-order valence-electron chi connectivity index (χ3n) is 3.11. The summed E-state index contributed by atoms with van der Waals surface area (Å²) in [4.78, 5) is 23.1. The van der Waals surface area contributed by atoms with E-state index in [9.17, 15) is 14.0 Å². The topological polar surface area (TPSA) is 93.4 Å². The Morgan fingerprint density at radius 1 is 1.48 bits per heavy atom. The van der Waals surface area contributed by atoms with Crippen molar-refractivity contribution in [1.82, 2.24) is 5.32 Å². The highest BCUT2D eigenvalue weighted by atomic mass is 35.5. The van der Waals surface area contributed by atoms with Gasteiger partial charge in [0.05, 0.1) is 18.4 Å². The molecule has 0 aromatic heterocycles. The number of hydrogen-bond acceptors (Lipinski definition) is 4. The van der Waals surface area contributed by atoms with Crippen molar-refractivity contribution < 1.29 is 18.7 Å². The molecule has 0 bridgehead atoms. The van der Waals surface area contributed by atoms with E-state index in [0.29, 0.717) is 13.2 Å². The maximum Gasteiger partial charge on any atom is 0.248 e. The lowest BCUT2D eigenvalue weighted by Gasteiger charge is -2.29. The number of ether oxygens (including phenoxy) is 1. The van der Waals surface area contributed by atoms with Gasteiger partial charge in [-0.05, 0) is 25.1 Å². The summed E-state index contributed by atoms with van der Waals surface area (Å²) in [5.41, 5.74) is 5.17. The van der Waals surface area contributed by atoms with Crippen LogP contribution in [0.2, 0.25) is 0 Å². The first kappa shape index (κ1) is 17.4. The predicted octanol–water partition coefficient (Wildman–Crippen LogP) is 0.662. The van der Waals surface area contributed by atoms with Crippen molar-refractivity contribution in [1.29, 1.82) is 0 Å². The number of nitrogens with one attached hydrogen (secondary N) is 2. The van der Waals surface area contributed by atoms with E-state index >= 15 is 0 Å². The Labute approximate surface area is 127 Å². The number of amides is 2. The first-order chi connectivity index (χ1) is 9.49. The SMILES string of the molecule is C[C@H]1OCCN[C@@H]1C(=O)Nc1cc(C(N)=O)ccc1F.Cl. The number of carbonyl (C=O) groups is 2. The third kappa shape index (κ3) is 4.13. The van der Waals surface area contributed by atoms with Crippen molar-refractivity contribution in [2.24, 2.45) is 5.73 Å².